The molecule has 28 heavy (non-hydrogen) atoms. The number of carbonyl (C=O) groups is 3. The van der Waals surface area contributed by atoms with Crippen molar-refractivity contribution in [1.82, 2.24) is 15.5 Å². The number of carbonyl (C=O) groups excluding carboxylic acids is 3. The fourth-order valence-corrected chi connectivity index (χ4v) is 3.52. The zero-order chi connectivity index (χ0) is 19.9. The highest BCUT2D eigenvalue weighted by molar-refractivity contribution is 5.99. The van der Waals surface area contributed by atoms with E-state index in [1.807, 2.05) is 6.07 Å². The summed E-state index contributed by atoms with van der Waals surface area (Å²) in [6, 6.07) is 6.54. The zero-order valence-electron chi connectivity index (χ0n) is 16.1. The number of likely N-dealkylation sites (tertiary alicyclic amines) is 1. The van der Waals surface area contributed by atoms with Crippen LogP contribution in [-0.4, -0.2) is 68.1 Å². The summed E-state index contributed by atoms with van der Waals surface area (Å²) >= 11 is 0. The topological polar surface area (TPSA) is 97.0 Å². The lowest BCUT2D eigenvalue weighted by molar-refractivity contribution is -0.136. The Balaban J connectivity index is 1.59. The molecule has 0 aliphatic carbocycles. The first-order valence-corrected chi connectivity index (χ1v) is 9.69. The highest BCUT2D eigenvalue weighted by Gasteiger charge is 2.27. The fraction of sp³-hybridized carbons (Fsp3) is 0.550. The Kier molecular flexibility index (Phi) is 6.86. The molecule has 152 valence electrons. The molecule has 2 heterocycles. The van der Waals surface area contributed by atoms with E-state index in [0.717, 1.165) is 6.42 Å². The van der Waals surface area contributed by atoms with Gasteiger partial charge in [-0.3, -0.25) is 14.4 Å². The number of rotatable bonds is 6. The lowest BCUT2D eigenvalue weighted by Gasteiger charge is -2.32. The van der Waals surface area contributed by atoms with E-state index in [4.69, 9.17) is 9.47 Å². The Morgan fingerprint density at radius 2 is 1.96 bits per heavy atom. The molecule has 3 rings (SSSR count). The van der Waals surface area contributed by atoms with Crippen LogP contribution in [0, 0.1) is 0 Å². The Morgan fingerprint density at radius 3 is 2.68 bits per heavy atom. The third kappa shape index (κ3) is 5.01. The van der Waals surface area contributed by atoms with E-state index < -0.39 is 6.04 Å². The summed E-state index contributed by atoms with van der Waals surface area (Å²) in [5.41, 5.74) is 0.416. The third-order valence-electron chi connectivity index (χ3n) is 5.08. The normalized spacial score (nSPS) is 20.4. The highest BCUT2D eigenvalue weighted by atomic mass is 16.5. The molecule has 2 fully saturated rings. The van der Waals surface area contributed by atoms with Gasteiger partial charge < -0.3 is 25.0 Å². The zero-order valence-corrected chi connectivity index (χ0v) is 16.1. The number of benzene rings is 1. The number of hydrogen-bond acceptors (Lipinski definition) is 5. The molecule has 1 aromatic rings. The second-order valence-corrected chi connectivity index (χ2v) is 7.09. The number of nitrogens with one attached hydrogen (secondary N) is 2. The largest absolute Gasteiger partial charge is 0.489 e. The lowest BCUT2D eigenvalue weighted by Crippen LogP contribution is -2.50. The first-order valence-electron chi connectivity index (χ1n) is 9.69. The molecule has 2 aliphatic rings. The maximum absolute atomic E-state index is 12.7. The first kappa shape index (κ1) is 20.1. The monoisotopic (exact) mass is 389 g/mol. The van der Waals surface area contributed by atoms with Crippen LogP contribution in [0.1, 0.15) is 36.0 Å². The van der Waals surface area contributed by atoms with Crippen LogP contribution in [0.2, 0.25) is 0 Å². The maximum Gasteiger partial charge on any atom is 0.255 e. The van der Waals surface area contributed by atoms with E-state index in [1.165, 1.54) is 7.11 Å². The molecule has 2 saturated heterocycles. The molecule has 8 heteroatoms. The van der Waals surface area contributed by atoms with Gasteiger partial charge in [0.2, 0.25) is 11.8 Å². The molecule has 8 nitrogen and oxygen atoms in total. The number of para-hydroxylation sites is 1. The maximum atomic E-state index is 12.7. The molecule has 1 unspecified atom stereocenters. The van der Waals surface area contributed by atoms with Crippen LogP contribution in [0.4, 0.5) is 0 Å². The van der Waals surface area contributed by atoms with E-state index in [1.54, 1.807) is 23.1 Å². The van der Waals surface area contributed by atoms with Gasteiger partial charge >= 0.3 is 0 Å². The summed E-state index contributed by atoms with van der Waals surface area (Å²) in [6.45, 7) is 1.94. The molecular formula is C20H27N3O5. The molecule has 3 amide bonds. The van der Waals surface area contributed by atoms with Crippen molar-refractivity contribution in [1.29, 1.82) is 0 Å². The predicted octanol–water partition coefficient (Wildman–Crippen LogP) is 0.711. The molecule has 2 N–H and O–H groups in total. The van der Waals surface area contributed by atoms with E-state index in [9.17, 15) is 14.4 Å². The fourth-order valence-electron chi connectivity index (χ4n) is 3.52. The molecule has 0 radical (unpaired) electrons. The van der Waals surface area contributed by atoms with Gasteiger partial charge in [-0.05, 0) is 25.0 Å². The van der Waals surface area contributed by atoms with Gasteiger partial charge in [0.15, 0.2) is 0 Å². The SMILES string of the molecule is COCC(=O)N1CCC(Oc2ccccc2C(=O)NC2CCCNC2=O)CC1. The summed E-state index contributed by atoms with van der Waals surface area (Å²) in [6.07, 6.45) is 2.79. The van der Waals surface area contributed by atoms with Gasteiger partial charge in [0.25, 0.3) is 5.91 Å². The van der Waals surface area contributed by atoms with Gasteiger partial charge in [0, 0.05) is 39.6 Å². The van der Waals surface area contributed by atoms with Crippen molar-refractivity contribution in [2.75, 3.05) is 33.4 Å². The highest BCUT2D eigenvalue weighted by Crippen LogP contribution is 2.23. The van der Waals surface area contributed by atoms with Crippen molar-refractivity contribution in [2.24, 2.45) is 0 Å². The van der Waals surface area contributed by atoms with E-state index in [2.05, 4.69) is 10.6 Å². The van der Waals surface area contributed by atoms with Gasteiger partial charge in [0.1, 0.15) is 24.5 Å². The summed E-state index contributed by atoms with van der Waals surface area (Å²) in [7, 11) is 1.51. The Hall–Kier alpha value is -2.61. The molecule has 1 aromatic carbocycles. The molecule has 0 spiro atoms. The van der Waals surface area contributed by atoms with Crippen LogP contribution in [0.5, 0.6) is 5.75 Å². The van der Waals surface area contributed by atoms with Crippen LogP contribution in [-0.2, 0) is 14.3 Å². The van der Waals surface area contributed by atoms with Crippen molar-refractivity contribution in [3.8, 4) is 5.75 Å². The predicted molar refractivity (Wildman–Crippen MR) is 102 cm³/mol. The van der Waals surface area contributed by atoms with Crippen LogP contribution < -0.4 is 15.4 Å². The van der Waals surface area contributed by atoms with E-state index in [0.29, 0.717) is 50.2 Å². The summed E-state index contributed by atoms with van der Waals surface area (Å²) in [5, 5.41) is 5.57. The number of hydrogen-bond donors (Lipinski definition) is 2. The minimum atomic E-state index is -0.510. The average Bonchev–Trinajstić information content (AvgIpc) is 2.71. The van der Waals surface area contributed by atoms with Crippen LogP contribution in [0.3, 0.4) is 0 Å². The lowest BCUT2D eigenvalue weighted by atomic mass is 10.1. The summed E-state index contributed by atoms with van der Waals surface area (Å²) in [4.78, 5) is 38.3. The second kappa shape index (κ2) is 9.54. The number of ether oxygens (including phenoxy) is 2. The van der Waals surface area contributed by atoms with Gasteiger partial charge in [-0.15, -0.1) is 0 Å². The second-order valence-electron chi connectivity index (χ2n) is 7.09. The first-order chi connectivity index (χ1) is 13.6. The molecule has 1 atom stereocenters. The number of piperidine rings is 2. The van der Waals surface area contributed by atoms with Crippen LogP contribution >= 0.6 is 0 Å². The summed E-state index contributed by atoms with van der Waals surface area (Å²) in [5.74, 6) is 0.0147. The molecule has 2 aliphatic heterocycles. The molecule has 0 aromatic heterocycles. The minimum Gasteiger partial charge on any atom is -0.489 e. The number of methoxy groups -OCH3 is 1. The van der Waals surface area contributed by atoms with E-state index >= 15 is 0 Å². The van der Waals surface area contributed by atoms with Crippen LogP contribution in [0.15, 0.2) is 24.3 Å². The Labute approximate surface area is 164 Å². The van der Waals surface area contributed by atoms with Gasteiger partial charge in [-0.1, -0.05) is 12.1 Å². The summed E-state index contributed by atoms with van der Waals surface area (Å²) < 4.78 is 11.0. The van der Waals surface area contributed by atoms with Crippen LogP contribution in [0.25, 0.3) is 0 Å². The number of nitrogens with zero attached hydrogens (tertiary/aromatic N) is 1. The molecule has 0 saturated carbocycles. The third-order valence-corrected chi connectivity index (χ3v) is 5.08. The van der Waals surface area contributed by atoms with Crippen molar-refractivity contribution >= 4 is 17.7 Å². The smallest absolute Gasteiger partial charge is 0.255 e. The quantitative estimate of drug-likeness (QED) is 0.747. The van der Waals surface area contributed by atoms with Crippen molar-refractivity contribution in [2.45, 2.75) is 37.8 Å². The average molecular weight is 389 g/mol. The Morgan fingerprint density at radius 1 is 1.21 bits per heavy atom. The number of amides is 3. The van der Waals surface area contributed by atoms with Gasteiger partial charge in [-0.25, -0.2) is 0 Å². The van der Waals surface area contributed by atoms with Gasteiger partial charge in [0.05, 0.1) is 5.56 Å². The Bertz CT molecular complexity index is 716. The molecule has 0 bridgehead atoms. The van der Waals surface area contributed by atoms with Crippen molar-refractivity contribution < 1.29 is 23.9 Å². The minimum absolute atomic E-state index is 0.0218. The van der Waals surface area contributed by atoms with Crippen molar-refractivity contribution in [3.05, 3.63) is 29.8 Å². The van der Waals surface area contributed by atoms with Crippen molar-refractivity contribution in [3.63, 3.8) is 0 Å². The van der Waals surface area contributed by atoms with E-state index in [-0.39, 0.29) is 30.4 Å². The molecular weight excluding hydrogens is 362 g/mol. The standard InChI is InChI=1S/C20H27N3O5/c1-27-13-18(24)23-11-8-14(9-12-23)28-17-7-3-2-5-15(17)19(25)22-16-6-4-10-21-20(16)26/h2-3,5,7,14,16H,4,6,8-13H2,1H3,(H,21,26)(H,22,25). The van der Waals surface area contributed by atoms with Gasteiger partial charge in [-0.2, -0.15) is 0 Å².